The third kappa shape index (κ3) is 3.22. The van der Waals surface area contributed by atoms with Gasteiger partial charge in [0, 0.05) is 6.26 Å². The van der Waals surface area contributed by atoms with Gasteiger partial charge in [-0.15, -0.1) is 0 Å². The zero-order valence-electron chi connectivity index (χ0n) is 10.4. The van der Waals surface area contributed by atoms with Crippen LogP contribution in [0.4, 0.5) is 4.39 Å². The Balaban J connectivity index is 2.14. The molecule has 0 bridgehead atoms. The van der Waals surface area contributed by atoms with Crippen LogP contribution in [0.2, 0.25) is 0 Å². The Bertz CT molecular complexity index is 519. The highest BCUT2D eigenvalue weighted by molar-refractivity contribution is 7.90. The molecule has 100 valence electrons. The monoisotopic (exact) mass is 272 g/mol. The van der Waals surface area contributed by atoms with E-state index in [0.29, 0.717) is 0 Å². The van der Waals surface area contributed by atoms with Gasteiger partial charge in [-0.3, -0.25) is 0 Å². The molecule has 1 saturated carbocycles. The lowest BCUT2D eigenvalue weighted by molar-refractivity contribution is 0.148. The first kappa shape index (κ1) is 13.3. The van der Waals surface area contributed by atoms with Crippen LogP contribution in [-0.2, 0) is 9.84 Å². The van der Waals surface area contributed by atoms with Crippen LogP contribution < -0.4 is 4.74 Å². The number of hydrogen-bond acceptors (Lipinski definition) is 3. The van der Waals surface area contributed by atoms with E-state index in [1.54, 1.807) is 0 Å². The van der Waals surface area contributed by atoms with Crippen molar-refractivity contribution in [1.29, 1.82) is 0 Å². The molecule has 0 unspecified atom stereocenters. The van der Waals surface area contributed by atoms with Crippen LogP contribution in [0.15, 0.2) is 23.1 Å². The first-order valence-electron chi connectivity index (χ1n) is 6.13. The summed E-state index contributed by atoms with van der Waals surface area (Å²) < 4.78 is 41.9. The van der Waals surface area contributed by atoms with Crippen molar-refractivity contribution in [3.8, 4) is 5.75 Å². The summed E-state index contributed by atoms with van der Waals surface area (Å²) >= 11 is 0. The minimum absolute atomic E-state index is 0.0176. The fourth-order valence-electron chi connectivity index (χ4n) is 2.17. The lowest BCUT2D eigenvalue weighted by Crippen LogP contribution is -2.20. The third-order valence-electron chi connectivity index (χ3n) is 3.18. The van der Waals surface area contributed by atoms with E-state index in [0.717, 1.165) is 38.0 Å². The van der Waals surface area contributed by atoms with E-state index in [2.05, 4.69) is 0 Å². The Morgan fingerprint density at radius 2 is 1.89 bits per heavy atom. The van der Waals surface area contributed by atoms with Gasteiger partial charge in [-0.05, 0) is 43.9 Å². The molecular weight excluding hydrogens is 255 g/mol. The van der Waals surface area contributed by atoms with Gasteiger partial charge in [-0.1, -0.05) is 6.42 Å². The summed E-state index contributed by atoms with van der Waals surface area (Å²) in [6.07, 6.45) is 6.40. The molecule has 0 aliphatic heterocycles. The van der Waals surface area contributed by atoms with Crippen LogP contribution in [0.3, 0.4) is 0 Å². The van der Waals surface area contributed by atoms with E-state index in [-0.39, 0.29) is 16.7 Å². The van der Waals surface area contributed by atoms with Crippen molar-refractivity contribution in [2.24, 2.45) is 0 Å². The Morgan fingerprint density at radius 3 is 2.44 bits per heavy atom. The highest BCUT2D eigenvalue weighted by atomic mass is 32.2. The average molecular weight is 272 g/mol. The molecule has 1 fully saturated rings. The van der Waals surface area contributed by atoms with Crippen molar-refractivity contribution in [1.82, 2.24) is 0 Å². The van der Waals surface area contributed by atoms with Crippen LogP contribution in [0.1, 0.15) is 32.1 Å². The van der Waals surface area contributed by atoms with Crippen molar-refractivity contribution >= 4 is 9.84 Å². The minimum Gasteiger partial charge on any atom is -0.487 e. The second-order valence-electron chi connectivity index (χ2n) is 4.74. The van der Waals surface area contributed by atoms with Crippen molar-refractivity contribution in [2.45, 2.75) is 43.1 Å². The van der Waals surface area contributed by atoms with Crippen molar-refractivity contribution in [3.63, 3.8) is 0 Å². The van der Waals surface area contributed by atoms with Crippen LogP contribution in [-0.4, -0.2) is 20.8 Å². The molecule has 0 amide bonds. The highest BCUT2D eigenvalue weighted by Crippen LogP contribution is 2.26. The Hall–Kier alpha value is -1.10. The van der Waals surface area contributed by atoms with Gasteiger partial charge in [-0.25, -0.2) is 12.8 Å². The van der Waals surface area contributed by atoms with Gasteiger partial charge >= 0.3 is 0 Å². The average Bonchev–Trinajstić information content (AvgIpc) is 2.32. The van der Waals surface area contributed by atoms with E-state index >= 15 is 0 Å². The third-order valence-corrected chi connectivity index (χ3v) is 4.29. The maximum Gasteiger partial charge on any atom is 0.175 e. The van der Waals surface area contributed by atoms with E-state index in [9.17, 15) is 12.8 Å². The molecule has 0 spiro atoms. The van der Waals surface area contributed by atoms with E-state index in [1.165, 1.54) is 18.6 Å². The van der Waals surface area contributed by atoms with Gasteiger partial charge in [0.1, 0.15) is 0 Å². The molecule has 0 radical (unpaired) electrons. The summed E-state index contributed by atoms with van der Waals surface area (Å²) in [5.74, 6) is -0.460. The smallest absolute Gasteiger partial charge is 0.175 e. The number of sulfone groups is 1. The Kier molecular flexibility index (Phi) is 3.90. The Morgan fingerprint density at radius 1 is 1.22 bits per heavy atom. The molecule has 1 aliphatic carbocycles. The van der Waals surface area contributed by atoms with Crippen LogP contribution >= 0.6 is 0 Å². The van der Waals surface area contributed by atoms with Crippen LogP contribution in [0.5, 0.6) is 5.75 Å². The minimum atomic E-state index is -3.37. The number of rotatable bonds is 3. The summed E-state index contributed by atoms with van der Waals surface area (Å²) in [6, 6.07) is 3.81. The summed E-state index contributed by atoms with van der Waals surface area (Å²) in [5, 5.41) is 0. The fraction of sp³-hybridized carbons (Fsp3) is 0.538. The number of ether oxygens (including phenoxy) is 1. The summed E-state index contributed by atoms with van der Waals surface area (Å²) in [7, 11) is -3.37. The number of halogens is 1. The Labute approximate surface area is 107 Å². The van der Waals surface area contributed by atoms with Gasteiger partial charge < -0.3 is 4.74 Å². The van der Waals surface area contributed by atoms with Crippen LogP contribution in [0.25, 0.3) is 0 Å². The molecule has 0 saturated heterocycles. The molecule has 18 heavy (non-hydrogen) atoms. The van der Waals surface area contributed by atoms with Gasteiger partial charge in [0.15, 0.2) is 21.4 Å². The molecular formula is C13H17FO3S. The van der Waals surface area contributed by atoms with Gasteiger partial charge in [-0.2, -0.15) is 0 Å². The molecule has 0 atom stereocenters. The summed E-state index contributed by atoms with van der Waals surface area (Å²) in [6.45, 7) is 0. The fourth-order valence-corrected chi connectivity index (χ4v) is 2.80. The first-order chi connectivity index (χ1) is 8.47. The van der Waals surface area contributed by atoms with Crippen molar-refractivity contribution < 1.29 is 17.5 Å². The largest absolute Gasteiger partial charge is 0.487 e. The molecule has 2 rings (SSSR count). The standard InChI is InChI=1S/C13H17FO3S/c1-18(15,16)11-7-8-13(12(14)9-11)17-10-5-3-2-4-6-10/h7-10H,2-6H2,1H3. The molecule has 1 aromatic carbocycles. The van der Waals surface area contributed by atoms with Crippen LogP contribution in [0, 0.1) is 5.82 Å². The zero-order valence-corrected chi connectivity index (χ0v) is 11.2. The predicted octanol–water partition coefficient (Wildman–Crippen LogP) is 2.94. The maximum atomic E-state index is 13.7. The van der Waals surface area contributed by atoms with Gasteiger partial charge in [0.2, 0.25) is 0 Å². The predicted molar refractivity (Wildman–Crippen MR) is 67.0 cm³/mol. The molecule has 0 aromatic heterocycles. The number of hydrogen-bond donors (Lipinski definition) is 0. The maximum absolute atomic E-state index is 13.7. The molecule has 5 heteroatoms. The zero-order chi connectivity index (χ0) is 13.2. The normalized spacial score (nSPS) is 17.7. The topological polar surface area (TPSA) is 43.4 Å². The highest BCUT2D eigenvalue weighted by Gasteiger charge is 2.18. The van der Waals surface area contributed by atoms with Crippen molar-refractivity contribution in [2.75, 3.05) is 6.26 Å². The first-order valence-corrected chi connectivity index (χ1v) is 8.02. The molecule has 1 aliphatic rings. The van der Waals surface area contributed by atoms with Gasteiger partial charge in [0.25, 0.3) is 0 Å². The molecule has 0 N–H and O–H groups in total. The molecule has 3 nitrogen and oxygen atoms in total. The van der Waals surface area contributed by atoms with Crippen molar-refractivity contribution in [3.05, 3.63) is 24.0 Å². The second kappa shape index (κ2) is 5.26. The quantitative estimate of drug-likeness (QED) is 0.849. The second-order valence-corrected chi connectivity index (χ2v) is 6.76. The lowest BCUT2D eigenvalue weighted by atomic mass is 9.98. The number of benzene rings is 1. The van der Waals surface area contributed by atoms with E-state index < -0.39 is 15.7 Å². The van der Waals surface area contributed by atoms with E-state index in [1.807, 2.05) is 0 Å². The summed E-state index contributed by atoms with van der Waals surface area (Å²) in [4.78, 5) is -0.0176. The molecule has 0 heterocycles. The summed E-state index contributed by atoms with van der Waals surface area (Å²) in [5.41, 5.74) is 0. The van der Waals surface area contributed by atoms with Gasteiger partial charge in [0.05, 0.1) is 11.0 Å². The SMILES string of the molecule is CS(=O)(=O)c1ccc(OC2CCCCC2)c(F)c1. The lowest BCUT2D eigenvalue weighted by Gasteiger charge is -2.23. The molecule has 1 aromatic rings. The van der Waals surface area contributed by atoms with E-state index in [4.69, 9.17) is 4.74 Å².